The van der Waals surface area contributed by atoms with Crippen LogP contribution >= 0.6 is 0 Å². The number of ether oxygens (including phenoxy) is 3. The van der Waals surface area contributed by atoms with Gasteiger partial charge in [0.2, 0.25) is 6.29 Å². The number of hydrogen-bond acceptors (Lipinski definition) is 5. The van der Waals surface area contributed by atoms with Gasteiger partial charge in [-0.1, -0.05) is 75.8 Å². The monoisotopic (exact) mass is 572 g/mol. The fourth-order valence-electron chi connectivity index (χ4n) is 6.86. The van der Waals surface area contributed by atoms with E-state index in [9.17, 15) is 9.59 Å². The summed E-state index contributed by atoms with van der Waals surface area (Å²) in [6.45, 7) is 5.65. The number of carbonyl (C=O) groups excluding carboxylic acids is 2. The summed E-state index contributed by atoms with van der Waals surface area (Å²) < 4.78 is 17.6. The summed E-state index contributed by atoms with van der Waals surface area (Å²) in [5.41, 5.74) is 3.50. The topological polar surface area (TPSA) is 65.1 Å². The van der Waals surface area contributed by atoms with E-state index in [1.54, 1.807) is 6.92 Å². The van der Waals surface area contributed by atoms with Gasteiger partial charge in [0.15, 0.2) is 0 Å². The summed E-state index contributed by atoms with van der Waals surface area (Å²) in [6, 6.07) is 14.3. The fourth-order valence-corrected chi connectivity index (χ4v) is 6.86. The van der Waals surface area contributed by atoms with Gasteiger partial charge < -0.3 is 14.2 Å². The van der Waals surface area contributed by atoms with Gasteiger partial charge in [-0.2, -0.15) is 0 Å². The van der Waals surface area contributed by atoms with Gasteiger partial charge in [-0.25, -0.2) is 0 Å². The lowest BCUT2D eigenvalue weighted by atomic mass is 9.89. The Morgan fingerprint density at radius 1 is 0.786 bits per heavy atom. The number of esters is 1. The molecule has 2 unspecified atom stereocenters. The SMILES string of the molecule is C=Cc1cc(CCc2ccc(OC(=O)C3CCCCC3)cc2)cc(OC2OC2C2CCCC2)c1.CC(=O)C1CCCC1. The fraction of sp³-hybridized carbons (Fsp3) is 0.568. The molecule has 42 heavy (non-hydrogen) atoms. The van der Waals surface area contributed by atoms with E-state index >= 15 is 0 Å². The molecule has 2 aromatic carbocycles. The third-order valence-corrected chi connectivity index (χ3v) is 9.54. The third-order valence-electron chi connectivity index (χ3n) is 9.54. The molecule has 4 fully saturated rings. The molecule has 1 aliphatic heterocycles. The number of benzene rings is 2. The van der Waals surface area contributed by atoms with Crippen molar-refractivity contribution in [1.82, 2.24) is 0 Å². The van der Waals surface area contributed by atoms with E-state index in [1.165, 1.54) is 56.1 Å². The summed E-state index contributed by atoms with van der Waals surface area (Å²) in [5, 5.41) is 0. The molecule has 1 heterocycles. The average molecular weight is 573 g/mol. The van der Waals surface area contributed by atoms with Crippen molar-refractivity contribution in [2.75, 3.05) is 0 Å². The Morgan fingerprint density at radius 3 is 2.05 bits per heavy atom. The Hall–Kier alpha value is -2.92. The molecular formula is C37H48O5. The molecule has 1 saturated heterocycles. The number of epoxide rings is 1. The number of rotatable bonds is 10. The van der Waals surface area contributed by atoms with Gasteiger partial charge in [0.1, 0.15) is 23.4 Å². The lowest BCUT2D eigenvalue weighted by molar-refractivity contribution is -0.140. The summed E-state index contributed by atoms with van der Waals surface area (Å²) in [7, 11) is 0. The molecule has 0 N–H and O–H groups in total. The summed E-state index contributed by atoms with van der Waals surface area (Å²) in [5.74, 6) is 2.98. The van der Waals surface area contributed by atoms with Crippen LogP contribution in [0.1, 0.15) is 107 Å². The predicted octanol–water partition coefficient (Wildman–Crippen LogP) is 8.66. The zero-order valence-electron chi connectivity index (χ0n) is 25.4. The molecule has 0 amide bonds. The maximum Gasteiger partial charge on any atom is 0.314 e. The molecule has 0 radical (unpaired) electrons. The maximum atomic E-state index is 12.4. The Bertz CT molecular complexity index is 1180. The molecule has 3 saturated carbocycles. The van der Waals surface area contributed by atoms with Crippen LogP contribution in [-0.2, 0) is 27.2 Å². The first kappa shape index (κ1) is 30.5. The van der Waals surface area contributed by atoms with Crippen LogP contribution in [0.3, 0.4) is 0 Å². The van der Waals surface area contributed by atoms with Gasteiger partial charge in [0, 0.05) is 5.92 Å². The number of carbonyl (C=O) groups is 2. The van der Waals surface area contributed by atoms with Crippen LogP contribution in [0.15, 0.2) is 49.0 Å². The number of hydrogen-bond donors (Lipinski definition) is 0. The van der Waals surface area contributed by atoms with Gasteiger partial charge in [-0.15, -0.1) is 0 Å². The smallest absolute Gasteiger partial charge is 0.314 e. The van der Waals surface area contributed by atoms with E-state index in [0.29, 0.717) is 23.4 Å². The van der Waals surface area contributed by atoms with E-state index < -0.39 is 0 Å². The second-order valence-electron chi connectivity index (χ2n) is 12.7. The van der Waals surface area contributed by atoms with E-state index in [2.05, 4.69) is 30.8 Å². The second-order valence-corrected chi connectivity index (χ2v) is 12.7. The molecule has 0 spiro atoms. The van der Waals surface area contributed by atoms with Crippen molar-refractivity contribution in [1.29, 1.82) is 0 Å². The third kappa shape index (κ3) is 8.80. The molecular weight excluding hydrogens is 524 g/mol. The molecule has 0 bridgehead atoms. The standard InChI is InChI=1S/C30H36O4.C7H12O/c1-2-21-18-23(20-27(19-21)33-30-28(34-30)24-8-6-7-9-24)13-12-22-14-16-26(17-15-22)32-29(31)25-10-4-3-5-11-25;1-6(8)7-4-2-3-5-7/h2,14-20,24-25,28,30H,1,3-13H2;7H,2-5H2,1H3. The summed E-state index contributed by atoms with van der Waals surface area (Å²) >= 11 is 0. The Labute approximate surface area is 252 Å². The highest BCUT2D eigenvalue weighted by molar-refractivity contribution is 5.78. The van der Waals surface area contributed by atoms with Crippen LogP contribution in [0, 0.1) is 17.8 Å². The minimum atomic E-state index is -0.0973. The van der Waals surface area contributed by atoms with Crippen molar-refractivity contribution in [3.05, 3.63) is 65.7 Å². The van der Waals surface area contributed by atoms with E-state index in [-0.39, 0.29) is 24.3 Å². The summed E-state index contributed by atoms with van der Waals surface area (Å²) in [4.78, 5) is 23.0. The highest BCUT2D eigenvalue weighted by Crippen LogP contribution is 2.40. The first-order valence-electron chi connectivity index (χ1n) is 16.4. The molecule has 4 aliphatic rings. The van der Waals surface area contributed by atoms with Crippen molar-refractivity contribution >= 4 is 17.8 Å². The van der Waals surface area contributed by atoms with E-state index in [0.717, 1.165) is 62.7 Å². The van der Waals surface area contributed by atoms with Crippen LogP contribution in [0.25, 0.3) is 6.08 Å². The molecule has 0 aromatic heterocycles. The summed E-state index contributed by atoms with van der Waals surface area (Å²) in [6.07, 6.45) is 19.3. The molecule has 3 aliphatic carbocycles. The lowest BCUT2D eigenvalue weighted by Gasteiger charge is -2.19. The molecule has 6 rings (SSSR count). The zero-order valence-corrected chi connectivity index (χ0v) is 25.4. The molecule has 5 nitrogen and oxygen atoms in total. The van der Waals surface area contributed by atoms with Gasteiger partial charge in [-0.3, -0.25) is 9.59 Å². The van der Waals surface area contributed by atoms with E-state index in [1.807, 2.05) is 24.3 Å². The highest BCUT2D eigenvalue weighted by atomic mass is 16.8. The first-order chi connectivity index (χ1) is 20.5. The van der Waals surface area contributed by atoms with Crippen LogP contribution in [0.2, 0.25) is 0 Å². The van der Waals surface area contributed by atoms with Crippen LogP contribution in [0.4, 0.5) is 0 Å². The van der Waals surface area contributed by atoms with Crippen molar-refractivity contribution in [3.63, 3.8) is 0 Å². The van der Waals surface area contributed by atoms with Gasteiger partial charge in [0.25, 0.3) is 0 Å². The van der Waals surface area contributed by atoms with Gasteiger partial charge in [0.05, 0.1) is 5.92 Å². The van der Waals surface area contributed by atoms with Crippen molar-refractivity contribution < 1.29 is 23.8 Å². The molecule has 2 atom stereocenters. The van der Waals surface area contributed by atoms with Gasteiger partial charge in [-0.05, 0) is 105 Å². The Morgan fingerprint density at radius 2 is 1.40 bits per heavy atom. The van der Waals surface area contributed by atoms with E-state index in [4.69, 9.17) is 14.2 Å². The highest BCUT2D eigenvalue weighted by Gasteiger charge is 2.47. The normalized spacial score (nSPS) is 22.7. The first-order valence-corrected chi connectivity index (χ1v) is 16.4. The predicted molar refractivity (Wildman–Crippen MR) is 166 cm³/mol. The number of ketones is 1. The molecule has 2 aromatic rings. The largest absolute Gasteiger partial charge is 0.462 e. The lowest BCUT2D eigenvalue weighted by Crippen LogP contribution is -2.22. The van der Waals surface area contributed by atoms with Gasteiger partial charge >= 0.3 is 5.97 Å². The Kier molecular flexibility index (Phi) is 10.9. The minimum Gasteiger partial charge on any atom is -0.462 e. The minimum absolute atomic E-state index is 0.0662. The van der Waals surface area contributed by atoms with Crippen LogP contribution in [0.5, 0.6) is 11.5 Å². The maximum absolute atomic E-state index is 12.4. The number of aryl methyl sites for hydroxylation is 2. The van der Waals surface area contributed by atoms with Crippen LogP contribution < -0.4 is 9.47 Å². The van der Waals surface area contributed by atoms with Crippen LogP contribution in [-0.4, -0.2) is 24.1 Å². The van der Waals surface area contributed by atoms with Crippen molar-refractivity contribution in [2.45, 2.75) is 116 Å². The second kappa shape index (κ2) is 15.0. The average Bonchev–Trinajstić information content (AvgIpc) is 3.40. The zero-order chi connectivity index (χ0) is 29.3. The molecule has 226 valence electrons. The number of Topliss-reactive ketones (excluding diaryl/α,β-unsaturated/α-hetero) is 1. The molecule has 5 heteroatoms. The van der Waals surface area contributed by atoms with Crippen molar-refractivity contribution in [2.24, 2.45) is 17.8 Å². The Balaban J connectivity index is 0.000000382. The quantitative estimate of drug-likeness (QED) is 0.162. The van der Waals surface area contributed by atoms with Crippen molar-refractivity contribution in [3.8, 4) is 11.5 Å².